The molecule has 2 N–H and O–H groups in total. The van der Waals surface area contributed by atoms with Crippen molar-refractivity contribution in [1.82, 2.24) is 5.32 Å². The van der Waals surface area contributed by atoms with E-state index in [9.17, 15) is 28.3 Å². The minimum absolute atomic E-state index is 0.0195. The van der Waals surface area contributed by atoms with Crippen LogP contribution in [0.15, 0.2) is 18.2 Å². The number of carbonyl (C=O) groups excluding carboxylic acids is 2. The van der Waals surface area contributed by atoms with Crippen LogP contribution in [0.3, 0.4) is 0 Å². The molecule has 1 saturated carbocycles. The zero-order valence-corrected chi connectivity index (χ0v) is 12.4. The van der Waals surface area contributed by atoms with Crippen LogP contribution in [0.1, 0.15) is 31.2 Å². The molecule has 124 valence electrons. The van der Waals surface area contributed by atoms with Crippen molar-refractivity contribution in [3.63, 3.8) is 0 Å². The van der Waals surface area contributed by atoms with Crippen LogP contribution in [0.25, 0.3) is 0 Å². The smallest absolute Gasteiger partial charge is 0.326 e. The number of nitrogens with one attached hydrogen (secondary N) is 1. The zero-order valence-electron chi connectivity index (χ0n) is 12.4. The number of Topliss-reactive ketones (excluding diaryl/α,β-unsaturated/α-hetero) is 1. The van der Waals surface area contributed by atoms with E-state index in [2.05, 4.69) is 5.32 Å². The van der Waals surface area contributed by atoms with E-state index in [1.807, 2.05) is 0 Å². The molecule has 0 aromatic heterocycles. The van der Waals surface area contributed by atoms with Crippen molar-refractivity contribution < 1.29 is 28.3 Å². The summed E-state index contributed by atoms with van der Waals surface area (Å²) in [4.78, 5) is 34.8. The van der Waals surface area contributed by atoms with Crippen LogP contribution in [-0.4, -0.2) is 28.8 Å². The molecule has 23 heavy (non-hydrogen) atoms. The molecule has 1 aliphatic carbocycles. The van der Waals surface area contributed by atoms with E-state index < -0.39 is 35.5 Å². The summed E-state index contributed by atoms with van der Waals surface area (Å²) in [6, 6.07) is 1.55. The second-order valence-electron chi connectivity index (χ2n) is 5.73. The van der Waals surface area contributed by atoms with Crippen LogP contribution in [0.4, 0.5) is 8.78 Å². The average molecular weight is 325 g/mol. The van der Waals surface area contributed by atoms with Gasteiger partial charge in [-0.15, -0.1) is 0 Å². The standard InChI is InChI=1S/C16H17F2NO4/c17-11-4-9(5-12(18)8-11)6-14(21)19-15(16(22)23)10-2-1-3-13(20)7-10/h4-5,8,10,15H,1-3,6-7H2,(H,19,21)(H,22,23)/t10-,15+/m0/s1. The number of hydrogen-bond acceptors (Lipinski definition) is 3. The Morgan fingerprint density at radius 3 is 2.48 bits per heavy atom. The topological polar surface area (TPSA) is 83.5 Å². The molecular weight excluding hydrogens is 308 g/mol. The lowest BCUT2D eigenvalue weighted by Gasteiger charge is -2.27. The highest BCUT2D eigenvalue weighted by Gasteiger charge is 2.33. The number of carboxylic acids is 1. The van der Waals surface area contributed by atoms with E-state index in [4.69, 9.17) is 0 Å². The highest BCUT2D eigenvalue weighted by molar-refractivity contribution is 5.86. The van der Waals surface area contributed by atoms with E-state index in [1.165, 1.54) is 0 Å². The lowest BCUT2D eigenvalue weighted by Crippen LogP contribution is -2.47. The summed E-state index contributed by atoms with van der Waals surface area (Å²) < 4.78 is 26.2. The Morgan fingerprint density at radius 2 is 1.91 bits per heavy atom. The van der Waals surface area contributed by atoms with Gasteiger partial charge in [0, 0.05) is 18.9 Å². The van der Waals surface area contributed by atoms with Gasteiger partial charge in [-0.25, -0.2) is 13.6 Å². The maximum absolute atomic E-state index is 13.1. The minimum atomic E-state index is -1.22. The van der Waals surface area contributed by atoms with E-state index >= 15 is 0 Å². The normalized spacial score (nSPS) is 19.2. The molecule has 0 bridgehead atoms. The van der Waals surface area contributed by atoms with Crippen molar-refractivity contribution in [2.75, 3.05) is 0 Å². The molecular formula is C16H17F2NO4. The summed E-state index contributed by atoms with van der Waals surface area (Å²) >= 11 is 0. The molecule has 0 spiro atoms. The van der Waals surface area contributed by atoms with Crippen molar-refractivity contribution in [1.29, 1.82) is 0 Å². The fraction of sp³-hybridized carbons (Fsp3) is 0.438. The number of aliphatic carboxylic acids is 1. The summed E-state index contributed by atoms with van der Waals surface area (Å²) in [6.07, 6.45) is 1.35. The fourth-order valence-corrected chi connectivity index (χ4v) is 2.85. The van der Waals surface area contributed by atoms with Gasteiger partial charge in [0.25, 0.3) is 0 Å². The van der Waals surface area contributed by atoms with Crippen molar-refractivity contribution >= 4 is 17.7 Å². The molecule has 0 saturated heterocycles. The Kier molecular flexibility index (Phi) is 5.41. The van der Waals surface area contributed by atoms with Crippen LogP contribution in [-0.2, 0) is 20.8 Å². The number of halogens is 2. The molecule has 0 aliphatic heterocycles. The van der Waals surface area contributed by atoms with Crippen LogP contribution in [0, 0.1) is 17.6 Å². The van der Waals surface area contributed by atoms with Crippen LogP contribution < -0.4 is 5.32 Å². The van der Waals surface area contributed by atoms with E-state index in [0.29, 0.717) is 25.3 Å². The van der Waals surface area contributed by atoms with Gasteiger partial charge in [0.1, 0.15) is 23.5 Å². The maximum atomic E-state index is 13.1. The number of benzene rings is 1. The van der Waals surface area contributed by atoms with Gasteiger partial charge in [-0.05, 0) is 36.5 Å². The second-order valence-corrected chi connectivity index (χ2v) is 5.73. The largest absolute Gasteiger partial charge is 0.480 e. The zero-order chi connectivity index (χ0) is 17.0. The Hall–Kier alpha value is -2.31. The molecule has 1 amide bonds. The number of amides is 1. The van der Waals surface area contributed by atoms with Gasteiger partial charge < -0.3 is 10.4 Å². The Balaban J connectivity index is 2.03. The van der Waals surface area contributed by atoms with Gasteiger partial charge in [-0.2, -0.15) is 0 Å². The number of carbonyl (C=O) groups is 3. The third-order valence-corrected chi connectivity index (χ3v) is 3.86. The SMILES string of the molecule is O=C1CCC[C@H]([C@@H](NC(=O)Cc2cc(F)cc(F)c2)C(=O)O)C1. The van der Waals surface area contributed by atoms with Gasteiger partial charge in [0.15, 0.2) is 0 Å². The second kappa shape index (κ2) is 7.30. The summed E-state index contributed by atoms with van der Waals surface area (Å²) in [5.74, 6) is -3.96. The third-order valence-electron chi connectivity index (χ3n) is 3.86. The van der Waals surface area contributed by atoms with Crippen molar-refractivity contribution in [2.24, 2.45) is 5.92 Å². The average Bonchev–Trinajstić information content (AvgIpc) is 2.43. The monoisotopic (exact) mass is 325 g/mol. The molecule has 1 aromatic rings. The Bertz CT molecular complexity index is 612. The molecule has 2 atom stereocenters. The fourth-order valence-electron chi connectivity index (χ4n) is 2.85. The van der Waals surface area contributed by atoms with E-state index in [-0.39, 0.29) is 24.2 Å². The minimum Gasteiger partial charge on any atom is -0.480 e. The first-order chi connectivity index (χ1) is 10.8. The first kappa shape index (κ1) is 17.1. The number of ketones is 1. The predicted molar refractivity (Wildman–Crippen MR) is 76.6 cm³/mol. The van der Waals surface area contributed by atoms with Gasteiger partial charge in [0.05, 0.1) is 6.42 Å². The van der Waals surface area contributed by atoms with Crippen molar-refractivity contribution in [3.8, 4) is 0 Å². The number of hydrogen-bond donors (Lipinski definition) is 2. The molecule has 7 heteroatoms. The van der Waals surface area contributed by atoms with Gasteiger partial charge in [0.2, 0.25) is 5.91 Å². The molecule has 1 aromatic carbocycles. The van der Waals surface area contributed by atoms with Crippen molar-refractivity contribution in [2.45, 2.75) is 38.1 Å². The molecule has 1 fully saturated rings. The molecule has 2 rings (SSSR count). The summed E-state index contributed by atoms with van der Waals surface area (Å²) in [6.45, 7) is 0. The van der Waals surface area contributed by atoms with Crippen LogP contribution in [0.5, 0.6) is 0 Å². The van der Waals surface area contributed by atoms with Gasteiger partial charge in [-0.1, -0.05) is 0 Å². The van der Waals surface area contributed by atoms with E-state index in [0.717, 1.165) is 12.1 Å². The number of rotatable bonds is 5. The van der Waals surface area contributed by atoms with Crippen LogP contribution in [0.2, 0.25) is 0 Å². The summed E-state index contributed by atoms with van der Waals surface area (Å²) in [5.41, 5.74) is 0.115. The van der Waals surface area contributed by atoms with Crippen molar-refractivity contribution in [3.05, 3.63) is 35.4 Å². The van der Waals surface area contributed by atoms with Gasteiger partial charge in [-0.3, -0.25) is 9.59 Å². The molecule has 1 aliphatic rings. The lowest BCUT2D eigenvalue weighted by molar-refractivity contribution is -0.144. The Morgan fingerprint density at radius 1 is 1.26 bits per heavy atom. The molecule has 0 radical (unpaired) electrons. The Labute approximate surface area is 131 Å². The third kappa shape index (κ3) is 4.84. The number of carboxylic acid groups (broad SMARTS) is 1. The van der Waals surface area contributed by atoms with Gasteiger partial charge >= 0.3 is 5.97 Å². The summed E-state index contributed by atoms with van der Waals surface area (Å²) in [5, 5.41) is 11.6. The summed E-state index contributed by atoms with van der Waals surface area (Å²) in [7, 11) is 0. The molecule has 0 unspecified atom stereocenters. The van der Waals surface area contributed by atoms with Crippen LogP contribution >= 0.6 is 0 Å². The van der Waals surface area contributed by atoms with E-state index in [1.54, 1.807) is 0 Å². The highest BCUT2D eigenvalue weighted by Crippen LogP contribution is 2.24. The predicted octanol–water partition coefficient (Wildman–Crippen LogP) is 1.84. The first-order valence-corrected chi connectivity index (χ1v) is 7.34. The highest BCUT2D eigenvalue weighted by atomic mass is 19.1. The molecule has 0 heterocycles. The maximum Gasteiger partial charge on any atom is 0.326 e. The quantitative estimate of drug-likeness (QED) is 0.865. The molecule has 5 nitrogen and oxygen atoms in total. The lowest BCUT2D eigenvalue weighted by atomic mass is 9.83. The first-order valence-electron chi connectivity index (χ1n) is 7.34.